The molecule has 0 aliphatic carbocycles. The highest BCUT2D eigenvalue weighted by Gasteiger charge is 2.48. The fourth-order valence-corrected chi connectivity index (χ4v) is 2.32. The lowest BCUT2D eigenvalue weighted by Crippen LogP contribution is -2.40. The highest BCUT2D eigenvalue weighted by molar-refractivity contribution is 5.67. The zero-order chi connectivity index (χ0) is 16.4. The first kappa shape index (κ1) is 16.0. The zero-order valence-electron chi connectivity index (χ0n) is 12.4. The van der Waals surface area contributed by atoms with Crippen LogP contribution in [-0.2, 0) is 23.8 Å². The van der Waals surface area contributed by atoms with E-state index in [0.29, 0.717) is 0 Å². The molecule has 9 heteroatoms. The van der Waals surface area contributed by atoms with Crippen molar-refractivity contribution in [3.05, 3.63) is 22.7 Å². The Balaban J connectivity index is 2.38. The van der Waals surface area contributed by atoms with E-state index in [1.54, 1.807) is 6.92 Å². The third-order valence-electron chi connectivity index (χ3n) is 3.15. The molecule has 1 fully saturated rings. The van der Waals surface area contributed by atoms with Crippen LogP contribution in [-0.4, -0.2) is 39.8 Å². The molecule has 2 N–H and O–H groups in total. The van der Waals surface area contributed by atoms with E-state index in [0.717, 1.165) is 4.57 Å². The number of carbonyl (C=O) groups is 2. The molecule has 2 rings (SSSR count). The van der Waals surface area contributed by atoms with Crippen molar-refractivity contribution in [3.63, 3.8) is 0 Å². The van der Waals surface area contributed by atoms with Gasteiger partial charge in [-0.1, -0.05) is 0 Å². The van der Waals surface area contributed by atoms with E-state index >= 15 is 0 Å². The number of hydrogen-bond donors (Lipinski definition) is 1. The number of carbonyl (C=O) groups excluding carboxylic acids is 2. The maximum atomic E-state index is 11.9. The third kappa shape index (κ3) is 3.25. The van der Waals surface area contributed by atoms with Crippen molar-refractivity contribution < 1.29 is 23.8 Å². The van der Waals surface area contributed by atoms with Crippen LogP contribution in [0.3, 0.4) is 0 Å². The van der Waals surface area contributed by atoms with Gasteiger partial charge in [0.2, 0.25) is 0 Å². The summed E-state index contributed by atoms with van der Waals surface area (Å²) in [5.74, 6) is -1.06. The lowest BCUT2D eigenvalue weighted by atomic mass is 10.1. The summed E-state index contributed by atoms with van der Waals surface area (Å²) in [6, 6.07) is 1.42. The van der Waals surface area contributed by atoms with Gasteiger partial charge in [0.05, 0.1) is 6.10 Å². The normalized spacial score (nSPS) is 27.4. The zero-order valence-corrected chi connectivity index (χ0v) is 12.4. The summed E-state index contributed by atoms with van der Waals surface area (Å²) in [6.45, 7) is 4.11. The second-order valence-electron chi connectivity index (χ2n) is 4.92. The second-order valence-corrected chi connectivity index (χ2v) is 4.92. The standard InChI is InChI=1S/C13H17N3O6/c1-6-10(21-7(2)17)11(22-8(3)18)12(20-6)16-5-4-9(14)15-13(16)19/h4-6,10-12H,1-3H3,(H2,14,15,19). The van der Waals surface area contributed by atoms with Gasteiger partial charge in [-0.05, 0) is 13.0 Å². The van der Waals surface area contributed by atoms with Crippen LogP contribution in [0.15, 0.2) is 17.1 Å². The van der Waals surface area contributed by atoms with Gasteiger partial charge in [0.1, 0.15) is 5.82 Å². The number of ether oxygens (including phenoxy) is 3. The Bertz CT molecular complexity index is 643. The Morgan fingerprint density at radius 2 is 1.86 bits per heavy atom. The van der Waals surface area contributed by atoms with Crippen LogP contribution >= 0.6 is 0 Å². The van der Waals surface area contributed by atoms with E-state index in [1.807, 2.05) is 0 Å². The Hall–Kier alpha value is -2.42. The summed E-state index contributed by atoms with van der Waals surface area (Å²) in [5.41, 5.74) is 4.79. The molecule has 0 aromatic carbocycles. The highest BCUT2D eigenvalue weighted by atomic mass is 16.6. The molecular formula is C13H17N3O6. The number of anilines is 1. The van der Waals surface area contributed by atoms with Crippen LogP contribution in [0.5, 0.6) is 0 Å². The molecule has 0 saturated carbocycles. The van der Waals surface area contributed by atoms with Gasteiger partial charge in [-0.15, -0.1) is 0 Å². The third-order valence-corrected chi connectivity index (χ3v) is 3.15. The monoisotopic (exact) mass is 311 g/mol. The average molecular weight is 311 g/mol. The van der Waals surface area contributed by atoms with Gasteiger partial charge < -0.3 is 19.9 Å². The molecule has 1 aliphatic rings. The molecule has 1 aromatic rings. The largest absolute Gasteiger partial charge is 0.456 e. The Morgan fingerprint density at radius 3 is 2.41 bits per heavy atom. The van der Waals surface area contributed by atoms with Gasteiger partial charge in [-0.25, -0.2) is 4.79 Å². The van der Waals surface area contributed by atoms with Crippen molar-refractivity contribution in [2.24, 2.45) is 0 Å². The quantitative estimate of drug-likeness (QED) is 0.748. The lowest BCUT2D eigenvalue weighted by molar-refractivity contribution is -0.165. The predicted molar refractivity (Wildman–Crippen MR) is 73.6 cm³/mol. The topological polar surface area (TPSA) is 123 Å². The maximum absolute atomic E-state index is 11.9. The summed E-state index contributed by atoms with van der Waals surface area (Å²) >= 11 is 0. The SMILES string of the molecule is CC(=O)OC1C(C)OC(n2ccc(N)nc2=O)C1OC(C)=O. The highest BCUT2D eigenvalue weighted by Crippen LogP contribution is 2.33. The van der Waals surface area contributed by atoms with E-state index in [2.05, 4.69) is 4.98 Å². The Labute approximate surface area is 126 Å². The van der Waals surface area contributed by atoms with Gasteiger partial charge in [-0.2, -0.15) is 4.98 Å². The van der Waals surface area contributed by atoms with Gasteiger partial charge in [0, 0.05) is 20.0 Å². The van der Waals surface area contributed by atoms with Crippen LogP contribution in [0.25, 0.3) is 0 Å². The van der Waals surface area contributed by atoms with Crippen molar-refractivity contribution in [3.8, 4) is 0 Å². The first-order valence-electron chi connectivity index (χ1n) is 6.64. The minimum absolute atomic E-state index is 0.0628. The van der Waals surface area contributed by atoms with Gasteiger partial charge in [0.15, 0.2) is 18.4 Å². The van der Waals surface area contributed by atoms with E-state index in [-0.39, 0.29) is 5.82 Å². The molecule has 0 bridgehead atoms. The van der Waals surface area contributed by atoms with Crippen molar-refractivity contribution in [2.75, 3.05) is 5.73 Å². The van der Waals surface area contributed by atoms with Crippen molar-refractivity contribution in [1.29, 1.82) is 0 Å². The number of aromatic nitrogens is 2. The van der Waals surface area contributed by atoms with E-state index in [9.17, 15) is 14.4 Å². The summed E-state index contributed by atoms with van der Waals surface area (Å²) < 4.78 is 17.1. The summed E-state index contributed by atoms with van der Waals surface area (Å²) in [4.78, 5) is 38.1. The molecule has 9 nitrogen and oxygen atoms in total. The first-order chi connectivity index (χ1) is 10.3. The Morgan fingerprint density at radius 1 is 1.27 bits per heavy atom. The molecular weight excluding hydrogens is 294 g/mol. The summed E-state index contributed by atoms with van der Waals surface area (Å²) in [6.07, 6.45) is -1.92. The number of nitrogens with two attached hydrogens (primary N) is 1. The van der Waals surface area contributed by atoms with E-state index in [4.69, 9.17) is 19.9 Å². The van der Waals surface area contributed by atoms with Crippen molar-refractivity contribution >= 4 is 17.8 Å². The number of nitrogens with zero attached hydrogens (tertiary/aromatic N) is 2. The number of hydrogen-bond acceptors (Lipinski definition) is 8. The molecule has 4 unspecified atom stereocenters. The minimum atomic E-state index is -0.959. The van der Waals surface area contributed by atoms with Crippen LogP contribution < -0.4 is 11.4 Å². The average Bonchev–Trinajstić information content (AvgIpc) is 2.66. The first-order valence-corrected chi connectivity index (χ1v) is 6.64. The number of esters is 2. The lowest BCUT2D eigenvalue weighted by Gasteiger charge is -2.23. The van der Waals surface area contributed by atoms with Crippen LogP contribution in [0, 0.1) is 0 Å². The number of rotatable bonds is 3. The van der Waals surface area contributed by atoms with Crippen LogP contribution in [0.1, 0.15) is 27.0 Å². The second kappa shape index (κ2) is 6.14. The molecule has 0 spiro atoms. The molecule has 2 heterocycles. The van der Waals surface area contributed by atoms with Crippen LogP contribution in [0.4, 0.5) is 5.82 Å². The summed E-state index contributed by atoms with van der Waals surface area (Å²) in [5, 5.41) is 0. The molecule has 4 atom stereocenters. The Kier molecular flexibility index (Phi) is 4.45. The van der Waals surface area contributed by atoms with Crippen molar-refractivity contribution in [1.82, 2.24) is 9.55 Å². The number of nitrogen functional groups attached to an aromatic ring is 1. The minimum Gasteiger partial charge on any atom is -0.456 e. The molecule has 1 saturated heterocycles. The predicted octanol–water partition coefficient (Wildman–Crippen LogP) is -0.394. The molecule has 0 amide bonds. The molecule has 0 radical (unpaired) electrons. The van der Waals surface area contributed by atoms with Gasteiger partial charge in [0.25, 0.3) is 0 Å². The smallest absolute Gasteiger partial charge is 0.351 e. The molecule has 120 valence electrons. The van der Waals surface area contributed by atoms with E-state index < -0.39 is 42.2 Å². The molecule has 22 heavy (non-hydrogen) atoms. The van der Waals surface area contributed by atoms with Crippen LogP contribution in [0.2, 0.25) is 0 Å². The van der Waals surface area contributed by atoms with Gasteiger partial charge in [-0.3, -0.25) is 14.2 Å². The fraction of sp³-hybridized carbons (Fsp3) is 0.538. The summed E-state index contributed by atoms with van der Waals surface area (Å²) in [7, 11) is 0. The van der Waals surface area contributed by atoms with Gasteiger partial charge >= 0.3 is 17.6 Å². The van der Waals surface area contributed by atoms with E-state index in [1.165, 1.54) is 26.1 Å². The molecule has 1 aliphatic heterocycles. The van der Waals surface area contributed by atoms with Crippen molar-refractivity contribution in [2.45, 2.75) is 45.3 Å². The fourth-order valence-electron chi connectivity index (χ4n) is 2.32. The molecule has 1 aromatic heterocycles. The maximum Gasteiger partial charge on any atom is 0.351 e.